The molecule has 4 N–H and O–H groups in total. The molecule has 0 heterocycles. The van der Waals surface area contributed by atoms with Crippen molar-refractivity contribution in [2.45, 2.75) is 39.4 Å². The van der Waals surface area contributed by atoms with Gasteiger partial charge in [-0.2, -0.15) is 5.06 Å². The zero-order valence-corrected chi connectivity index (χ0v) is 10.5. The number of nitrogens with zero attached hydrogens (tertiary/aromatic N) is 1. The molecule has 0 saturated carbocycles. The Labute approximate surface area is 96.8 Å². The predicted molar refractivity (Wildman–Crippen MR) is 61.6 cm³/mol. The summed E-state index contributed by atoms with van der Waals surface area (Å²) < 4.78 is 5.16. The van der Waals surface area contributed by atoms with Gasteiger partial charge in [-0.1, -0.05) is 0 Å². The molecule has 0 bridgehead atoms. The fourth-order valence-electron chi connectivity index (χ4n) is 0.922. The van der Waals surface area contributed by atoms with Crippen LogP contribution in [0.2, 0.25) is 0 Å². The summed E-state index contributed by atoms with van der Waals surface area (Å²) in [4.78, 5) is 17.0. The molecule has 0 radical (unpaired) electrons. The quantitative estimate of drug-likeness (QED) is 0.673. The minimum Gasteiger partial charge on any atom is -0.442 e. The van der Waals surface area contributed by atoms with Crippen molar-refractivity contribution < 1.29 is 14.4 Å². The van der Waals surface area contributed by atoms with Crippen molar-refractivity contribution in [2.24, 2.45) is 11.5 Å². The molecule has 0 unspecified atom stereocenters. The molecule has 96 valence electrons. The first-order chi connectivity index (χ1) is 7.34. The largest absolute Gasteiger partial charge is 0.442 e. The molecule has 0 aromatic rings. The second-order valence-corrected chi connectivity index (χ2v) is 4.37. The summed E-state index contributed by atoms with van der Waals surface area (Å²) in [5.41, 5.74) is 10.3. The number of carbonyl (C=O) groups excluding carboxylic acids is 1. The van der Waals surface area contributed by atoms with Crippen LogP contribution in [-0.2, 0) is 9.57 Å². The Bertz CT molecular complexity index is 212. The van der Waals surface area contributed by atoms with E-state index in [1.54, 1.807) is 27.7 Å². The van der Waals surface area contributed by atoms with Gasteiger partial charge in [-0.05, 0) is 27.7 Å². The molecule has 0 saturated heterocycles. The van der Waals surface area contributed by atoms with Crippen molar-refractivity contribution in [3.8, 4) is 0 Å². The lowest BCUT2D eigenvalue weighted by atomic mass is 10.2. The smallest absolute Gasteiger partial charge is 0.434 e. The van der Waals surface area contributed by atoms with Crippen molar-refractivity contribution in [1.82, 2.24) is 5.06 Å². The Hall–Kier alpha value is -0.850. The lowest BCUT2D eigenvalue weighted by molar-refractivity contribution is -0.174. The van der Waals surface area contributed by atoms with E-state index in [0.717, 1.165) is 5.06 Å². The predicted octanol–water partition coefficient (Wildman–Crippen LogP) is 0.461. The van der Waals surface area contributed by atoms with Gasteiger partial charge in [-0.25, -0.2) is 4.79 Å². The van der Waals surface area contributed by atoms with Crippen LogP contribution in [0.1, 0.15) is 27.7 Å². The fraction of sp³-hybridized carbons (Fsp3) is 0.900. The Balaban J connectivity index is 4.32. The molecule has 0 rings (SSSR count). The van der Waals surface area contributed by atoms with Crippen molar-refractivity contribution >= 4 is 6.09 Å². The summed E-state index contributed by atoms with van der Waals surface area (Å²) in [5.74, 6) is 0. The molecule has 0 aliphatic carbocycles. The first-order valence-corrected chi connectivity index (χ1v) is 5.41. The van der Waals surface area contributed by atoms with E-state index in [2.05, 4.69) is 0 Å². The fourth-order valence-corrected chi connectivity index (χ4v) is 0.922. The van der Waals surface area contributed by atoms with Crippen LogP contribution in [-0.4, -0.2) is 42.5 Å². The Morgan fingerprint density at radius 2 is 1.81 bits per heavy atom. The number of hydroxylamine groups is 2. The Morgan fingerprint density at radius 3 is 2.12 bits per heavy atom. The van der Waals surface area contributed by atoms with E-state index in [1.807, 2.05) is 0 Å². The van der Waals surface area contributed by atoms with Crippen LogP contribution in [0.25, 0.3) is 0 Å². The summed E-state index contributed by atoms with van der Waals surface area (Å²) in [6.07, 6.45) is -0.894. The molecule has 0 atom stereocenters. The number of hydrogen-bond acceptors (Lipinski definition) is 5. The highest BCUT2D eigenvalue weighted by Crippen LogP contribution is 2.10. The zero-order chi connectivity index (χ0) is 12.8. The van der Waals surface area contributed by atoms with Crippen LogP contribution < -0.4 is 11.5 Å². The van der Waals surface area contributed by atoms with Gasteiger partial charge in [-0.15, -0.1) is 0 Å². The molecule has 0 aliphatic rings. The van der Waals surface area contributed by atoms with Gasteiger partial charge < -0.3 is 16.2 Å². The molecular weight excluding hydrogens is 210 g/mol. The van der Waals surface area contributed by atoms with E-state index in [-0.39, 0.29) is 19.2 Å². The number of carbonyl (C=O) groups is 1. The van der Waals surface area contributed by atoms with Crippen LogP contribution in [0.15, 0.2) is 0 Å². The lowest BCUT2D eigenvalue weighted by Crippen LogP contribution is -2.43. The summed E-state index contributed by atoms with van der Waals surface area (Å²) in [5, 5.41) is 1.13. The summed E-state index contributed by atoms with van der Waals surface area (Å²) >= 11 is 0. The molecule has 0 aromatic heterocycles. The zero-order valence-electron chi connectivity index (χ0n) is 10.5. The van der Waals surface area contributed by atoms with Gasteiger partial charge in [0.15, 0.2) is 0 Å². The number of hydrogen-bond donors (Lipinski definition) is 2. The highest BCUT2D eigenvalue weighted by atomic mass is 16.7. The van der Waals surface area contributed by atoms with Gasteiger partial charge in [0.2, 0.25) is 0 Å². The molecule has 6 nitrogen and oxygen atoms in total. The lowest BCUT2D eigenvalue weighted by Gasteiger charge is -2.28. The average Bonchev–Trinajstić information content (AvgIpc) is 2.17. The van der Waals surface area contributed by atoms with E-state index in [9.17, 15) is 4.79 Å². The van der Waals surface area contributed by atoms with E-state index in [1.165, 1.54) is 0 Å². The van der Waals surface area contributed by atoms with Crippen LogP contribution in [0.4, 0.5) is 4.79 Å². The van der Waals surface area contributed by atoms with Crippen LogP contribution >= 0.6 is 0 Å². The van der Waals surface area contributed by atoms with Crippen molar-refractivity contribution in [3.63, 3.8) is 0 Å². The molecule has 0 fully saturated rings. The standard InChI is InChI=1S/C10H23N3O3/c1-5-13(16-8(6-11)7-12)9(14)15-10(2,3)4/h8H,5-7,11-12H2,1-4H3. The molecule has 0 spiro atoms. The number of amides is 1. The Morgan fingerprint density at radius 1 is 1.31 bits per heavy atom. The maximum atomic E-state index is 11.7. The molecule has 16 heavy (non-hydrogen) atoms. The molecule has 0 aromatic carbocycles. The average molecular weight is 233 g/mol. The highest BCUT2D eigenvalue weighted by molar-refractivity contribution is 5.66. The summed E-state index contributed by atoms with van der Waals surface area (Å²) in [6.45, 7) is 8.07. The normalized spacial score (nSPS) is 11.7. The number of ether oxygens (including phenoxy) is 1. The summed E-state index contributed by atoms with van der Waals surface area (Å²) in [7, 11) is 0. The van der Waals surface area contributed by atoms with Gasteiger partial charge in [0, 0.05) is 19.6 Å². The molecule has 6 heteroatoms. The SMILES string of the molecule is CCN(OC(CN)CN)C(=O)OC(C)(C)C. The van der Waals surface area contributed by atoms with Gasteiger partial charge >= 0.3 is 6.09 Å². The van der Waals surface area contributed by atoms with Gasteiger partial charge in [0.05, 0.1) is 0 Å². The van der Waals surface area contributed by atoms with Crippen LogP contribution in [0.5, 0.6) is 0 Å². The van der Waals surface area contributed by atoms with Gasteiger partial charge in [0.25, 0.3) is 0 Å². The highest BCUT2D eigenvalue weighted by Gasteiger charge is 2.23. The monoisotopic (exact) mass is 233 g/mol. The van der Waals surface area contributed by atoms with E-state index >= 15 is 0 Å². The summed E-state index contributed by atoms with van der Waals surface area (Å²) in [6, 6.07) is 0. The van der Waals surface area contributed by atoms with E-state index in [0.29, 0.717) is 6.54 Å². The Kier molecular flexibility index (Phi) is 6.32. The number of nitrogens with two attached hydrogens (primary N) is 2. The van der Waals surface area contributed by atoms with Crippen LogP contribution in [0, 0.1) is 0 Å². The maximum absolute atomic E-state index is 11.7. The molecule has 1 amide bonds. The third-order valence-corrected chi connectivity index (χ3v) is 1.69. The van der Waals surface area contributed by atoms with E-state index < -0.39 is 11.7 Å². The first kappa shape index (κ1) is 15.2. The third kappa shape index (κ3) is 5.89. The maximum Gasteiger partial charge on any atom is 0.434 e. The van der Waals surface area contributed by atoms with Crippen molar-refractivity contribution in [3.05, 3.63) is 0 Å². The second kappa shape index (κ2) is 6.67. The second-order valence-electron chi connectivity index (χ2n) is 4.37. The van der Waals surface area contributed by atoms with Gasteiger partial charge in [0.1, 0.15) is 11.7 Å². The van der Waals surface area contributed by atoms with Crippen LogP contribution in [0.3, 0.4) is 0 Å². The third-order valence-electron chi connectivity index (χ3n) is 1.69. The molecular formula is C10H23N3O3. The molecule has 0 aliphatic heterocycles. The van der Waals surface area contributed by atoms with Crippen molar-refractivity contribution in [1.29, 1.82) is 0 Å². The van der Waals surface area contributed by atoms with Crippen molar-refractivity contribution in [2.75, 3.05) is 19.6 Å². The number of rotatable bonds is 5. The van der Waals surface area contributed by atoms with E-state index in [4.69, 9.17) is 21.0 Å². The first-order valence-electron chi connectivity index (χ1n) is 5.41. The minimum atomic E-state index is -0.547. The van der Waals surface area contributed by atoms with Gasteiger partial charge in [-0.3, -0.25) is 4.84 Å². The minimum absolute atomic E-state index is 0.260. The topological polar surface area (TPSA) is 90.8 Å².